The Labute approximate surface area is 375 Å². The van der Waals surface area contributed by atoms with Crippen molar-refractivity contribution in [3.05, 3.63) is 24.3 Å². The summed E-state index contributed by atoms with van der Waals surface area (Å²) in [5, 5.41) is 16.9. The van der Waals surface area contributed by atoms with Crippen LogP contribution in [-0.4, -0.2) is 73.5 Å². The molecule has 6 rings (SSSR count). The van der Waals surface area contributed by atoms with E-state index in [1.165, 1.54) is 77.0 Å². The third-order valence-electron chi connectivity index (χ3n) is 16.4. The number of aliphatic hydroxyl groups excluding tert-OH is 1. The van der Waals surface area contributed by atoms with Crippen molar-refractivity contribution in [2.24, 2.45) is 57.2 Å². The predicted octanol–water partition coefficient (Wildman–Crippen LogP) is 11.0. The minimum absolute atomic E-state index is 0.0365. The number of ether oxygens (including phenoxy) is 3. The van der Waals surface area contributed by atoms with E-state index < -0.39 is 0 Å². The second-order valence-electron chi connectivity index (χ2n) is 18.7. The van der Waals surface area contributed by atoms with E-state index in [4.69, 9.17) is 23.3 Å². The molecule has 0 spiro atoms. The molecular formula is C45H80IO6P2V2. The van der Waals surface area contributed by atoms with Crippen molar-refractivity contribution in [2.75, 3.05) is 21.3 Å². The first-order chi connectivity index (χ1) is 26.7. The average Bonchev–Trinajstić information content (AvgIpc) is 4.12. The number of hydrogen-bond donors (Lipinski definition) is 1. The molecule has 16 atom stereocenters. The van der Waals surface area contributed by atoms with Crippen molar-refractivity contribution < 1.29 is 57.8 Å². The van der Waals surface area contributed by atoms with Gasteiger partial charge < -0.3 is 28.4 Å². The van der Waals surface area contributed by atoms with E-state index in [0.29, 0.717) is 53.2 Å². The molecule has 6 aliphatic rings. The van der Waals surface area contributed by atoms with Crippen LogP contribution in [0, 0.1) is 57.2 Å². The van der Waals surface area contributed by atoms with Crippen molar-refractivity contribution in [1.82, 2.24) is 0 Å². The molecule has 323 valence electrons. The van der Waals surface area contributed by atoms with Crippen molar-refractivity contribution in [2.45, 2.75) is 168 Å². The van der Waals surface area contributed by atoms with E-state index in [1.807, 2.05) is 21.1 Å². The Morgan fingerprint density at radius 3 is 1.34 bits per heavy atom. The fourth-order valence-electron chi connectivity index (χ4n) is 12.6. The normalized spacial score (nSPS) is 36.8. The SMILES string of the molecule is COC(/C=C/[C@@H](C)C1CCC2C(OP)CCC[C@@]21C)C1(C(C)O)CC1.COC(C)C1(C(/C=C/[C@@H](C)C2CCC3C(OP)CCC[C@@]32C)OC)CC1.[CH2]=[V].[CH2]=[V][I]. The van der Waals surface area contributed by atoms with Crippen molar-refractivity contribution in [1.29, 1.82) is 0 Å². The molecule has 0 aromatic heterocycles. The number of hydrogen-bond acceptors (Lipinski definition) is 6. The summed E-state index contributed by atoms with van der Waals surface area (Å²) in [6, 6.07) is 0. The van der Waals surface area contributed by atoms with Crippen LogP contribution in [0.2, 0.25) is 0 Å². The van der Waals surface area contributed by atoms with Gasteiger partial charge in [-0.05, 0) is 137 Å². The predicted molar refractivity (Wildman–Crippen MR) is 243 cm³/mol. The van der Waals surface area contributed by atoms with Gasteiger partial charge in [0.1, 0.15) is 0 Å². The molecule has 6 fully saturated rings. The number of halogens is 1. The first kappa shape index (κ1) is 52.1. The summed E-state index contributed by atoms with van der Waals surface area (Å²) in [4.78, 5) is 0. The van der Waals surface area contributed by atoms with E-state index in [2.05, 4.69) is 125 Å². The number of rotatable bonds is 15. The molecule has 0 saturated heterocycles. The van der Waals surface area contributed by atoms with Crippen LogP contribution in [-0.2, 0) is 52.7 Å². The summed E-state index contributed by atoms with van der Waals surface area (Å²) in [7, 11) is 10.5. The van der Waals surface area contributed by atoms with Crippen LogP contribution in [0.4, 0.5) is 0 Å². The second kappa shape index (κ2) is 24.0. The molecule has 0 radical (unpaired) electrons. The van der Waals surface area contributed by atoms with E-state index in [-0.39, 0.29) is 35.2 Å². The standard InChI is InChI=1S/C22H39O3P.C21H37O3P.2CH2.HI.2V/c1-15(8-11-20(24-5)22(13-14-22)16(2)23-4)17-9-10-18-19(25-26)7-6-12-21(17,18)3;1-14(7-10-19(23-4)21(12-13-21)15(2)22)16-8-9-17-18(24-25)6-5-11-20(16,17)3;;;;;/h8,11,15-20H,6-7,9-10,12-14,26H2,1-5H3;7,10,14-19,22H,5-6,8-9,11-13,25H2,1-4H3;2*1H2;1H;;/q;;;;;;+1/p-1/b11-8+;10-7+;;;;;/t15-,16?,17?,18?,19?,20?,21-;14-,15?,16?,17?,18?,19?,20-;;;;;/m11...../s1. The molecule has 0 bridgehead atoms. The summed E-state index contributed by atoms with van der Waals surface area (Å²) in [5.74, 6) is 4.01. The molecular weight excluding hydrogens is 927 g/mol. The van der Waals surface area contributed by atoms with E-state index >= 15 is 0 Å². The van der Waals surface area contributed by atoms with Gasteiger partial charge in [0.2, 0.25) is 0 Å². The third kappa shape index (κ3) is 11.6. The van der Waals surface area contributed by atoms with Gasteiger partial charge in [-0.25, -0.2) is 0 Å². The van der Waals surface area contributed by atoms with Gasteiger partial charge in [-0.3, -0.25) is 0 Å². The fraction of sp³-hybridized carbons (Fsp3) is 0.867. The Morgan fingerprint density at radius 2 is 1.04 bits per heavy atom. The molecule has 1 N–H and O–H groups in total. The van der Waals surface area contributed by atoms with Crippen LogP contribution in [0.3, 0.4) is 0 Å². The van der Waals surface area contributed by atoms with E-state index in [1.54, 1.807) is 7.11 Å². The maximum absolute atomic E-state index is 10.1. The number of aliphatic hydroxyl groups is 1. The Kier molecular flexibility index (Phi) is 22.3. The molecule has 0 aromatic rings. The quantitative estimate of drug-likeness (QED) is 0.100. The van der Waals surface area contributed by atoms with Crippen molar-refractivity contribution in [3.63, 3.8) is 0 Å². The van der Waals surface area contributed by atoms with Crippen molar-refractivity contribution >= 4 is 49.4 Å². The molecule has 0 aliphatic heterocycles. The van der Waals surface area contributed by atoms with Crippen LogP contribution in [0.15, 0.2) is 24.3 Å². The van der Waals surface area contributed by atoms with Crippen LogP contribution in [0.5, 0.6) is 0 Å². The van der Waals surface area contributed by atoms with E-state index in [9.17, 15) is 5.11 Å². The third-order valence-corrected chi connectivity index (χ3v) is 17.1. The maximum atomic E-state index is 10.1. The number of fused-ring (bicyclic) bond motifs is 2. The summed E-state index contributed by atoms with van der Waals surface area (Å²) in [6.45, 7) is 13.9. The minimum atomic E-state index is -0.302. The molecule has 6 saturated carbocycles. The monoisotopic (exact) mass is 1010 g/mol. The van der Waals surface area contributed by atoms with E-state index in [0.717, 1.165) is 30.6 Å². The summed E-state index contributed by atoms with van der Waals surface area (Å²) >= 11 is 4.74. The Morgan fingerprint density at radius 1 is 0.661 bits per heavy atom. The van der Waals surface area contributed by atoms with Crippen LogP contribution >= 0.6 is 38.9 Å². The van der Waals surface area contributed by atoms with Gasteiger partial charge in [-0.15, -0.1) is 0 Å². The van der Waals surface area contributed by atoms with Gasteiger partial charge in [0.05, 0.1) is 36.6 Å². The number of allylic oxidation sites excluding steroid dienone is 2. The molecule has 0 aromatic carbocycles. The second-order valence-corrected chi connectivity index (χ2v) is 22.4. The van der Waals surface area contributed by atoms with Crippen molar-refractivity contribution in [3.8, 4) is 0 Å². The van der Waals surface area contributed by atoms with Gasteiger partial charge >= 0.3 is 59.9 Å². The zero-order valence-corrected chi connectivity index (χ0v) is 43.7. The Bertz CT molecular complexity index is 1250. The summed E-state index contributed by atoms with van der Waals surface area (Å²) in [5.41, 5.74) is 0.956. The van der Waals surface area contributed by atoms with Gasteiger partial charge in [0, 0.05) is 51.1 Å². The number of methoxy groups -OCH3 is 3. The molecule has 11 heteroatoms. The molecule has 12 unspecified atom stereocenters. The molecule has 0 heterocycles. The van der Waals surface area contributed by atoms with Gasteiger partial charge in [-0.1, -0.05) is 64.8 Å². The van der Waals surface area contributed by atoms with Gasteiger partial charge in [-0.2, -0.15) is 0 Å². The zero-order valence-electron chi connectivity index (χ0n) is 36.5. The van der Waals surface area contributed by atoms with Crippen LogP contribution in [0.25, 0.3) is 0 Å². The molecule has 56 heavy (non-hydrogen) atoms. The first-order valence-electron chi connectivity index (χ1n) is 21.5. The summed E-state index contributed by atoms with van der Waals surface area (Å²) < 4.78 is 28.8. The average molecular weight is 1010 g/mol. The topological polar surface area (TPSA) is 66.4 Å². The Hall–Kier alpha value is 1.74. The first-order valence-corrected chi connectivity index (χ1v) is 28.9. The fourth-order valence-corrected chi connectivity index (χ4v) is 13.2. The van der Waals surface area contributed by atoms with Crippen LogP contribution in [0.1, 0.15) is 131 Å². The zero-order chi connectivity index (χ0) is 41.9. The van der Waals surface area contributed by atoms with Gasteiger partial charge in [0.25, 0.3) is 0 Å². The molecule has 6 aliphatic carbocycles. The molecule has 0 amide bonds. The Balaban J connectivity index is 0.000000270. The van der Waals surface area contributed by atoms with Gasteiger partial charge in [0.15, 0.2) is 0 Å². The van der Waals surface area contributed by atoms with Crippen LogP contribution < -0.4 is 0 Å². The summed E-state index contributed by atoms with van der Waals surface area (Å²) in [6.07, 6.45) is 27.9. The molecule has 6 nitrogen and oxygen atoms in total.